The fraction of sp³-hybridized carbons (Fsp3) is 0.263. The van der Waals surface area contributed by atoms with E-state index < -0.39 is 10.0 Å². The summed E-state index contributed by atoms with van der Waals surface area (Å²) in [6, 6.07) is 11.6. The zero-order valence-corrected chi connectivity index (χ0v) is 16.5. The SMILES string of the molecule is O=c1c2cc(Cl)ccc2ncn1Cc1cccc(S(=O)(=O)N2CCOCC2)c1. The van der Waals surface area contributed by atoms with Crippen molar-refractivity contribution in [2.24, 2.45) is 0 Å². The Hall–Kier alpha value is -2.26. The number of aromatic nitrogens is 2. The number of halogens is 1. The first kappa shape index (κ1) is 19.1. The van der Waals surface area contributed by atoms with Crippen molar-refractivity contribution in [3.8, 4) is 0 Å². The van der Waals surface area contributed by atoms with Gasteiger partial charge in [-0.05, 0) is 35.9 Å². The number of fused-ring (bicyclic) bond motifs is 1. The minimum Gasteiger partial charge on any atom is -0.379 e. The standard InChI is InChI=1S/C19H18ClN3O4S/c20-15-4-5-18-17(11-15)19(24)22(13-21-18)12-14-2-1-3-16(10-14)28(25,26)23-6-8-27-9-7-23/h1-5,10-11,13H,6-9,12H2. The Morgan fingerprint density at radius 2 is 1.89 bits per heavy atom. The third-order valence-corrected chi connectivity index (χ3v) is 6.78. The van der Waals surface area contributed by atoms with Gasteiger partial charge in [-0.3, -0.25) is 9.36 Å². The van der Waals surface area contributed by atoms with Crippen molar-refractivity contribution in [3.63, 3.8) is 0 Å². The highest BCUT2D eigenvalue weighted by molar-refractivity contribution is 7.89. The molecule has 0 spiro atoms. The Morgan fingerprint density at radius 3 is 2.68 bits per heavy atom. The van der Waals surface area contributed by atoms with Crippen molar-refractivity contribution in [2.75, 3.05) is 26.3 Å². The summed E-state index contributed by atoms with van der Waals surface area (Å²) >= 11 is 5.99. The minimum atomic E-state index is -3.59. The van der Waals surface area contributed by atoms with E-state index in [1.54, 1.807) is 42.5 Å². The first-order chi connectivity index (χ1) is 13.4. The highest BCUT2D eigenvalue weighted by atomic mass is 35.5. The molecule has 0 saturated carbocycles. The third-order valence-electron chi connectivity index (χ3n) is 4.65. The zero-order valence-electron chi connectivity index (χ0n) is 14.9. The van der Waals surface area contributed by atoms with E-state index in [9.17, 15) is 13.2 Å². The number of nitrogens with zero attached hydrogens (tertiary/aromatic N) is 3. The van der Waals surface area contributed by atoms with Gasteiger partial charge in [-0.1, -0.05) is 23.7 Å². The maximum Gasteiger partial charge on any atom is 0.261 e. The molecule has 1 saturated heterocycles. The Kier molecular flexibility index (Phi) is 5.20. The normalized spacial score (nSPS) is 15.8. The predicted octanol–water partition coefficient (Wildman–Crippen LogP) is 2.12. The summed E-state index contributed by atoms with van der Waals surface area (Å²) in [5, 5.41) is 0.884. The number of morpholine rings is 1. The van der Waals surface area contributed by atoms with Gasteiger partial charge < -0.3 is 4.74 Å². The molecular formula is C19H18ClN3O4S. The molecule has 0 atom stereocenters. The fourth-order valence-corrected chi connectivity index (χ4v) is 4.83. The Balaban J connectivity index is 1.66. The van der Waals surface area contributed by atoms with E-state index in [1.807, 2.05) is 0 Å². The van der Waals surface area contributed by atoms with E-state index in [2.05, 4.69) is 4.98 Å². The number of hydrogen-bond acceptors (Lipinski definition) is 5. The Bertz CT molecular complexity index is 1190. The van der Waals surface area contributed by atoms with E-state index in [0.717, 1.165) is 0 Å². The fourth-order valence-electron chi connectivity index (χ4n) is 3.18. The van der Waals surface area contributed by atoms with E-state index >= 15 is 0 Å². The zero-order chi connectivity index (χ0) is 19.7. The molecule has 9 heteroatoms. The smallest absolute Gasteiger partial charge is 0.261 e. The molecule has 7 nitrogen and oxygen atoms in total. The summed E-state index contributed by atoms with van der Waals surface area (Å²) in [4.78, 5) is 17.2. The van der Waals surface area contributed by atoms with Crippen LogP contribution >= 0.6 is 11.6 Å². The van der Waals surface area contributed by atoms with Crippen molar-refractivity contribution < 1.29 is 13.2 Å². The molecule has 0 unspecified atom stereocenters. The van der Waals surface area contributed by atoms with Crippen LogP contribution in [0.1, 0.15) is 5.56 Å². The molecule has 2 heterocycles. The highest BCUT2D eigenvalue weighted by Gasteiger charge is 2.26. The van der Waals surface area contributed by atoms with Crippen molar-refractivity contribution in [1.29, 1.82) is 0 Å². The topological polar surface area (TPSA) is 81.5 Å². The summed E-state index contributed by atoms with van der Waals surface area (Å²) in [5.41, 5.74) is 1.03. The first-order valence-corrected chi connectivity index (χ1v) is 10.6. The lowest BCUT2D eigenvalue weighted by atomic mass is 10.2. The van der Waals surface area contributed by atoms with E-state index in [0.29, 0.717) is 47.8 Å². The summed E-state index contributed by atoms with van der Waals surface area (Å²) in [6.07, 6.45) is 1.46. The molecular weight excluding hydrogens is 402 g/mol. The lowest BCUT2D eigenvalue weighted by molar-refractivity contribution is 0.0730. The average molecular weight is 420 g/mol. The Labute approximate surface area is 167 Å². The molecule has 28 heavy (non-hydrogen) atoms. The monoisotopic (exact) mass is 419 g/mol. The van der Waals surface area contributed by atoms with Crippen LogP contribution in [0.5, 0.6) is 0 Å². The summed E-state index contributed by atoms with van der Waals surface area (Å²) in [5.74, 6) is 0. The number of ether oxygens (including phenoxy) is 1. The first-order valence-electron chi connectivity index (χ1n) is 8.77. The second-order valence-corrected chi connectivity index (χ2v) is 8.88. The molecule has 1 aliphatic rings. The molecule has 1 aromatic heterocycles. The average Bonchev–Trinajstić information content (AvgIpc) is 2.71. The van der Waals surface area contributed by atoms with Gasteiger partial charge >= 0.3 is 0 Å². The number of sulfonamides is 1. The van der Waals surface area contributed by atoms with Gasteiger partial charge in [-0.25, -0.2) is 13.4 Å². The van der Waals surface area contributed by atoms with Gasteiger partial charge in [0.05, 0.1) is 41.9 Å². The Morgan fingerprint density at radius 1 is 1.11 bits per heavy atom. The third kappa shape index (κ3) is 3.68. The van der Waals surface area contributed by atoms with Crippen molar-refractivity contribution >= 4 is 32.5 Å². The molecule has 0 N–H and O–H groups in total. The van der Waals surface area contributed by atoms with Crippen molar-refractivity contribution in [1.82, 2.24) is 13.9 Å². The second kappa shape index (κ2) is 7.63. The molecule has 3 aromatic rings. The van der Waals surface area contributed by atoms with E-state index in [-0.39, 0.29) is 17.0 Å². The maximum atomic E-state index is 12.8. The van der Waals surface area contributed by atoms with Gasteiger partial charge in [-0.2, -0.15) is 4.31 Å². The van der Waals surface area contributed by atoms with E-state index in [1.165, 1.54) is 15.2 Å². The molecule has 0 radical (unpaired) electrons. The quantitative estimate of drug-likeness (QED) is 0.647. The second-order valence-electron chi connectivity index (χ2n) is 6.50. The maximum absolute atomic E-state index is 12.8. The van der Waals surface area contributed by atoms with Gasteiger partial charge in [0, 0.05) is 18.1 Å². The highest BCUT2D eigenvalue weighted by Crippen LogP contribution is 2.19. The van der Waals surface area contributed by atoms with Gasteiger partial charge in [-0.15, -0.1) is 0 Å². The minimum absolute atomic E-state index is 0.205. The number of hydrogen-bond donors (Lipinski definition) is 0. The van der Waals surface area contributed by atoms with Gasteiger partial charge in [0.15, 0.2) is 0 Å². The van der Waals surface area contributed by atoms with Crippen molar-refractivity contribution in [3.05, 3.63) is 69.7 Å². The summed E-state index contributed by atoms with van der Waals surface area (Å²) < 4.78 is 33.8. The molecule has 4 rings (SSSR count). The van der Waals surface area contributed by atoms with Gasteiger partial charge in [0.1, 0.15) is 0 Å². The van der Waals surface area contributed by atoms with Crippen LogP contribution in [0.3, 0.4) is 0 Å². The van der Waals surface area contributed by atoms with Crippen LogP contribution in [0.4, 0.5) is 0 Å². The lowest BCUT2D eigenvalue weighted by Gasteiger charge is -2.26. The van der Waals surface area contributed by atoms with Gasteiger partial charge in [0.25, 0.3) is 5.56 Å². The number of benzene rings is 2. The lowest BCUT2D eigenvalue weighted by Crippen LogP contribution is -2.40. The van der Waals surface area contributed by atoms with Crippen LogP contribution in [0, 0.1) is 0 Å². The molecule has 2 aromatic carbocycles. The molecule has 0 amide bonds. The number of rotatable bonds is 4. The largest absolute Gasteiger partial charge is 0.379 e. The van der Waals surface area contributed by atoms with Crippen LogP contribution in [-0.4, -0.2) is 48.6 Å². The molecule has 146 valence electrons. The van der Waals surface area contributed by atoms with Crippen molar-refractivity contribution in [2.45, 2.75) is 11.4 Å². The van der Waals surface area contributed by atoms with Crippen LogP contribution < -0.4 is 5.56 Å². The predicted molar refractivity (Wildman–Crippen MR) is 106 cm³/mol. The molecule has 0 bridgehead atoms. The molecule has 1 aliphatic heterocycles. The van der Waals surface area contributed by atoms with Crippen LogP contribution in [0.2, 0.25) is 5.02 Å². The van der Waals surface area contributed by atoms with Crippen LogP contribution in [-0.2, 0) is 21.3 Å². The van der Waals surface area contributed by atoms with Crippen LogP contribution in [0.25, 0.3) is 10.9 Å². The molecule has 0 aliphatic carbocycles. The van der Waals surface area contributed by atoms with Crippen LogP contribution in [0.15, 0.2) is 58.5 Å². The summed E-state index contributed by atoms with van der Waals surface area (Å²) in [6.45, 7) is 1.66. The van der Waals surface area contributed by atoms with Gasteiger partial charge in [0.2, 0.25) is 10.0 Å². The summed E-state index contributed by atoms with van der Waals surface area (Å²) in [7, 11) is -3.59. The molecule has 1 fully saturated rings. The van der Waals surface area contributed by atoms with E-state index in [4.69, 9.17) is 16.3 Å².